The molecule has 0 radical (unpaired) electrons. The smallest absolute Gasteiger partial charge is 0.260 e. The average molecular weight is 670 g/mol. The summed E-state index contributed by atoms with van der Waals surface area (Å²) in [7, 11) is 0. The molecule has 238 valence electrons. The first-order valence-corrected chi connectivity index (χ1v) is 18.1. The third-order valence-electron chi connectivity index (χ3n) is 10.4. The fraction of sp³-hybridized carbons (Fsp3) is 0. The lowest BCUT2D eigenvalue weighted by atomic mass is 9.35. The lowest BCUT2D eigenvalue weighted by molar-refractivity contribution is 0.465. The Kier molecular flexibility index (Phi) is 6.22. The molecular weight excluding hydrogens is 641 g/mol. The monoisotopic (exact) mass is 669 g/mol. The number of para-hydroxylation sites is 2. The molecular formula is C46H28BNO2S. The lowest BCUT2D eigenvalue weighted by Crippen LogP contribution is -2.57. The molecule has 2 aliphatic heterocycles. The molecule has 0 fully saturated rings. The van der Waals surface area contributed by atoms with E-state index in [2.05, 4.69) is 163 Å². The molecule has 0 unspecified atom stereocenters. The van der Waals surface area contributed by atoms with Gasteiger partial charge in [-0.1, -0.05) is 109 Å². The molecule has 0 aliphatic carbocycles. The van der Waals surface area contributed by atoms with Crippen LogP contribution in [0, 0.1) is 0 Å². The van der Waals surface area contributed by atoms with Crippen molar-refractivity contribution in [2.24, 2.45) is 0 Å². The van der Waals surface area contributed by atoms with Gasteiger partial charge in [-0.05, 0) is 88.1 Å². The third kappa shape index (κ3) is 4.38. The van der Waals surface area contributed by atoms with E-state index in [-0.39, 0.29) is 6.71 Å². The molecule has 0 amide bonds. The van der Waals surface area contributed by atoms with E-state index in [9.17, 15) is 0 Å². The van der Waals surface area contributed by atoms with Gasteiger partial charge in [-0.3, -0.25) is 0 Å². The summed E-state index contributed by atoms with van der Waals surface area (Å²) in [5, 5.41) is 4.91. The number of nitrogens with zero attached hydrogens (tertiary/aromatic N) is 1. The Balaban J connectivity index is 1.13. The molecule has 0 bridgehead atoms. The summed E-state index contributed by atoms with van der Waals surface area (Å²) in [4.78, 5) is 2.40. The minimum atomic E-state index is 0.0410. The highest BCUT2D eigenvalue weighted by molar-refractivity contribution is 7.26. The SMILES string of the molecule is c1ccc(-c2ccc(N(c3ccccc3)c3cc4sc5cc6c(cc5c4c4ccccc34)Oc3cccc4c3B6c3ccccc3O4)cc2)cc1. The molecule has 1 aromatic heterocycles. The van der Waals surface area contributed by atoms with E-state index in [0.717, 1.165) is 45.5 Å². The van der Waals surface area contributed by atoms with Crippen molar-refractivity contribution in [1.82, 2.24) is 0 Å². The number of anilines is 3. The third-order valence-corrected chi connectivity index (χ3v) is 11.5. The maximum Gasteiger partial charge on any atom is 0.260 e. The van der Waals surface area contributed by atoms with Gasteiger partial charge in [0.25, 0.3) is 6.71 Å². The number of hydrogen-bond acceptors (Lipinski definition) is 4. The van der Waals surface area contributed by atoms with Gasteiger partial charge in [-0.15, -0.1) is 11.3 Å². The number of thiophene rings is 1. The Hall–Kier alpha value is -6.30. The van der Waals surface area contributed by atoms with Crippen LogP contribution in [0.1, 0.15) is 0 Å². The summed E-state index contributed by atoms with van der Waals surface area (Å²) in [6.07, 6.45) is 0. The van der Waals surface area contributed by atoms with Crippen molar-refractivity contribution < 1.29 is 9.47 Å². The van der Waals surface area contributed by atoms with Crippen molar-refractivity contribution >= 4 is 82.4 Å². The first kappa shape index (κ1) is 28.5. The second kappa shape index (κ2) is 11.1. The van der Waals surface area contributed by atoms with Gasteiger partial charge in [0.15, 0.2) is 0 Å². The summed E-state index contributed by atoms with van der Waals surface area (Å²) in [5.74, 6) is 3.55. The standard InChI is InChI=1S/C46H28BNO2S/c1-3-12-29(13-4-1)30-22-24-32(25-23-30)48(31-14-5-2-6-15-31)38-28-44-45(34-17-8-7-16-33(34)38)35-26-42-37(27-43(35)51-44)47-36-18-9-10-19-39(36)49-40-20-11-21-41(50-42)46(40)47/h1-28H. The molecule has 0 N–H and O–H groups in total. The van der Waals surface area contributed by atoms with Gasteiger partial charge in [0.2, 0.25) is 0 Å². The summed E-state index contributed by atoms with van der Waals surface area (Å²) in [5.41, 5.74) is 9.25. The predicted octanol–water partition coefficient (Wildman–Crippen LogP) is 11.1. The molecule has 5 heteroatoms. The van der Waals surface area contributed by atoms with Gasteiger partial charge in [0.05, 0.1) is 5.69 Å². The van der Waals surface area contributed by atoms with Crippen LogP contribution in [0.15, 0.2) is 170 Å². The summed E-state index contributed by atoms with van der Waals surface area (Å²) >= 11 is 1.85. The molecule has 8 aromatic carbocycles. The van der Waals surface area contributed by atoms with E-state index in [1.165, 1.54) is 53.0 Å². The molecule has 0 spiro atoms. The number of ether oxygens (including phenoxy) is 2. The van der Waals surface area contributed by atoms with E-state index in [1.54, 1.807) is 0 Å². The second-order valence-corrected chi connectivity index (χ2v) is 14.3. The van der Waals surface area contributed by atoms with Gasteiger partial charge < -0.3 is 14.4 Å². The Bertz CT molecular complexity index is 2810. The van der Waals surface area contributed by atoms with Crippen molar-refractivity contribution in [1.29, 1.82) is 0 Å². The Morgan fingerprint density at radius 2 is 1.06 bits per heavy atom. The second-order valence-electron chi connectivity index (χ2n) is 13.2. The van der Waals surface area contributed by atoms with Crippen molar-refractivity contribution in [2.45, 2.75) is 0 Å². The van der Waals surface area contributed by atoms with Gasteiger partial charge in [-0.25, -0.2) is 0 Å². The molecule has 51 heavy (non-hydrogen) atoms. The average Bonchev–Trinajstić information content (AvgIpc) is 3.55. The molecule has 3 heterocycles. The van der Waals surface area contributed by atoms with Gasteiger partial charge >= 0.3 is 0 Å². The van der Waals surface area contributed by atoms with Crippen LogP contribution in [0.2, 0.25) is 0 Å². The van der Waals surface area contributed by atoms with Crippen LogP contribution in [0.4, 0.5) is 17.1 Å². The highest BCUT2D eigenvalue weighted by atomic mass is 32.1. The van der Waals surface area contributed by atoms with Crippen LogP contribution < -0.4 is 30.8 Å². The number of rotatable bonds is 4. The number of hydrogen-bond donors (Lipinski definition) is 0. The van der Waals surface area contributed by atoms with Crippen molar-refractivity contribution in [2.75, 3.05) is 4.90 Å². The van der Waals surface area contributed by atoms with Crippen LogP contribution >= 0.6 is 11.3 Å². The largest absolute Gasteiger partial charge is 0.458 e. The number of benzene rings is 8. The number of fused-ring (bicyclic) bond motifs is 9. The molecule has 3 nitrogen and oxygen atoms in total. The zero-order valence-corrected chi connectivity index (χ0v) is 28.2. The van der Waals surface area contributed by atoms with E-state index in [4.69, 9.17) is 9.47 Å². The molecule has 11 rings (SSSR count). The maximum atomic E-state index is 6.71. The van der Waals surface area contributed by atoms with E-state index in [1.807, 2.05) is 23.5 Å². The molecule has 0 saturated carbocycles. The Morgan fingerprint density at radius 1 is 0.431 bits per heavy atom. The minimum absolute atomic E-state index is 0.0410. The van der Waals surface area contributed by atoms with Gasteiger partial charge in [-0.2, -0.15) is 0 Å². The summed E-state index contributed by atoms with van der Waals surface area (Å²) in [6.45, 7) is 0.0410. The minimum Gasteiger partial charge on any atom is -0.458 e. The molecule has 0 saturated heterocycles. The van der Waals surface area contributed by atoms with Gasteiger partial charge in [0.1, 0.15) is 23.0 Å². The Morgan fingerprint density at radius 3 is 1.86 bits per heavy atom. The molecule has 2 aliphatic rings. The van der Waals surface area contributed by atoms with Crippen LogP contribution in [-0.4, -0.2) is 6.71 Å². The van der Waals surface area contributed by atoms with Crippen LogP contribution in [0.3, 0.4) is 0 Å². The maximum absolute atomic E-state index is 6.71. The lowest BCUT2D eigenvalue weighted by Gasteiger charge is -2.32. The van der Waals surface area contributed by atoms with Crippen LogP contribution in [0.5, 0.6) is 23.0 Å². The zero-order chi connectivity index (χ0) is 33.5. The normalized spacial score (nSPS) is 12.6. The summed E-state index contributed by atoms with van der Waals surface area (Å²) in [6, 6.07) is 60.6. The van der Waals surface area contributed by atoms with Crippen molar-refractivity contribution in [3.63, 3.8) is 0 Å². The summed E-state index contributed by atoms with van der Waals surface area (Å²) < 4.78 is 15.6. The van der Waals surface area contributed by atoms with E-state index < -0.39 is 0 Å². The molecule has 0 atom stereocenters. The quantitative estimate of drug-likeness (QED) is 0.174. The van der Waals surface area contributed by atoms with Crippen molar-refractivity contribution in [3.8, 4) is 34.1 Å². The highest BCUT2D eigenvalue weighted by Crippen LogP contribution is 2.47. The highest BCUT2D eigenvalue weighted by Gasteiger charge is 2.40. The van der Waals surface area contributed by atoms with E-state index >= 15 is 0 Å². The van der Waals surface area contributed by atoms with E-state index in [0.29, 0.717) is 0 Å². The van der Waals surface area contributed by atoms with Crippen LogP contribution in [-0.2, 0) is 0 Å². The first-order chi connectivity index (χ1) is 25.3. The Labute approximate surface area is 299 Å². The van der Waals surface area contributed by atoms with Gasteiger partial charge in [0, 0.05) is 42.4 Å². The first-order valence-electron chi connectivity index (χ1n) is 17.3. The fourth-order valence-corrected chi connectivity index (χ4v) is 9.30. The topological polar surface area (TPSA) is 21.7 Å². The van der Waals surface area contributed by atoms with Crippen molar-refractivity contribution in [3.05, 3.63) is 170 Å². The predicted molar refractivity (Wildman–Crippen MR) is 215 cm³/mol. The van der Waals surface area contributed by atoms with Crippen LogP contribution in [0.25, 0.3) is 42.1 Å². The molecule has 9 aromatic rings. The zero-order valence-electron chi connectivity index (χ0n) is 27.4. The fourth-order valence-electron chi connectivity index (χ4n) is 8.11.